The zero-order valence-electron chi connectivity index (χ0n) is 15.5. The fraction of sp³-hybridized carbons (Fsp3) is 0.350. The Morgan fingerprint density at radius 3 is 2.31 bits per heavy atom. The first kappa shape index (κ1) is 20.0. The maximum Gasteiger partial charge on any atom is 0.232 e. The van der Waals surface area contributed by atoms with E-state index in [0.717, 1.165) is 11.1 Å². The van der Waals surface area contributed by atoms with Gasteiger partial charge < -0.3 is 5.32 Å². The number of benzene rings is 2. The fourth-order valence-corrected chi connectivity index (χ4v) is 3.85. The van der Waals surface area contributed by atoms with Crippen LogP contribution in [0.3, 0.4) is 0 Å². The molecule has 0 aliphatic heterocycles. The SMILES string of the molecule is Cc1ccccc1N(CCCC(=O)NC(C)c1ccccc1)S(C)(=O)=O. The van der Waals surface area contributed by atoms with E-state index in [2.05, 4.69) is 5.32 Å². The minimum Gasteiger partial charge on any atom is -0.350 e. The first-order valence-electron chi connectivity index (χ1n) is 8.66. The monoisotopic (exact) mass is 374 g/mol. The quantitative estimate of drug-likeness (QED) is 0.770. The molecule has 0 saturated heterocycles. The minimum absolute atomic E-state index is 0.0777. The fourth-order valence-electron chi connectivity index (χ4n) is 2.83. The van der Waals surface area contributed by atoms with Crippen molar-refractivity contribution in [1.29, 1.82) is 0 Å². The van der Waals surface area contributed by atoms with Gasteiger partial charge in [-0.05, 0) is 37.5 Å². The lowest BCUT2D eigenvalue weighted by atomic mass is 10.1. The van der Waals surface area contributed by atoms with Gasteiger partial charge in [0.15, 0.2) is 0 Å². The molecule has 5 nitrogen and oxygen atoms in total. The van der Waals surface area contributed by atoms with E-state index in [4.69, 9.17) is 0 Å². The highest BCUT2D eigenvalue weighted by Crippen LogP contribution is 2.22. The lowest BCUT2D eigenvalue weighted by Gasteiger charge is -2.24. The number of nitrogens with one attached hydrogen (secondary N) is 1. The number of hydrogen-bond acceptors (Lipinski definition) is 3. The van der Waals surface area contributed by atoms with Gasteiger partial charge in [-0.15, -0.1) is 0 Å². The van der Waals surface area contributed by atoms with Crippen LogP contribution in [-0.2, 0) is 14.8 Å². The molecule has 0 aromatic heterocycles. The van der Waals surface area contributed by atoms with E-state index in [1.807, 2.05) is 62.4 Å². The summed E-state index contributed by atoms with van der Waals surface area (Å²) < 4.78 is 25.7. The number of carbonyl (C=O) groups is 1. The van der Waals surface area contributed by atoms with E-state index >= 15 is 0 Å². The van der Waals surface area contributed by atoms with Gasteiger partial charge in [-0.1, -0.05) is 48.5 Å². The van der Waals surface area contributed by atoms with E-state index in [0.29, 0.717) is 12.1 Å². The molecule has 1 atom stereocenters. The summed E-state index contributed by atoms with van der Waals surface area (Å²) in [6.45, 7) is 4.09. The van der Waals surface area contributed by atoms with E-state index in [1.54, 1.807) is 6.07 Å². The van der Waals surface area contributed by atoms with Crippen molar-refractivity contribution in [1.82, 2.24) is 5.32 Å². The number of rotatable bonds is 8. The number of carbonyl (C=O) groups excluding carboxylic acids is 1. The number of amides is 1. The third-order valence-corrected chi connectivity index (χ3v) is 5.41. The van der Waals surface area contributed by atoms with Crippen molar-refractivity contribution in [2.75, 3.05) is 17.1 Å². The number of para-hydroxylation sites is 1. The molecule has 2 aromatic rings. The smallest absolute Gasteiger partial charge is 0.232 e. The number of sulfonamides is 1. The average Bonchev–Trinajstić information content (AvgIpc) is 2.59. The maximum atomic E-state index is 12.2. The number of aryl methyl sites for hydroxylation is 1. The number of anilines is 1. The van der Waals surface area contributed by atoms with Crippen molar-refractivity contribution in [3.8, 4) is 0 Å². The normalized spacial score (nSPS) is 12.4. The van der Waals surface area contributed by atoms with Gasteiger partial charge in [0.05, 0.1) is 18.0 Å². The van der Waals surface area contributed by atoms with Gasteiger partial charge in [-0.2, -0.15) is 0 Å². The average molecular weight is 375 g/mol. The summed E-state index contributed by atoms with van der Waals surface area (Å²) in [6, 6.07) is 17.0. The van der Waals surface area contributed by atoms with Crippen LogP contribution < -0.4 is 9.62 Å². The van der Waals surface area contributed by atoms with E-state index in [9.17, 15) is 13.2 Å². The zero-order valence-corrected chi connectivity index (χ0v) is 16.3. The molecule has 140 valence electrons. The Morgan fingerprint density at radius 1 is 1.08 bits per heavy atom. The molecule has 26 heavy (non-hydrogen) atoms. The molecule has 0 saturated carbocycles. The largest absolute Gasteiger partial charge is 0.350 e. The molecule has 1 amide bonds. The summed E-state index contributed by atoms with van der Waals surface area (Å²) in [6.07, 6.45) is 1.92. The van der Waals surface area contributed by atoms with Crippen LogP contribution in [0.1, 0.15) is 36.9 Å². The predicted molar refractivity (Wildman–Crippen MR) is 106 cm³/mol. The number of nitrogens with zero attached hydrogens (tertiary/aromatic N) is 1. The van der Waals surface area contributed by atoms with Crippen LogP contribution in [0.2, 0.25) is 0 Å². The van der Waals surface area contributed by atoms with Gasteiger partial charge in [0.1, 0.15) is 0 Å². The van der Waals surface area contributed by atoms with E-state index in [1.165, 1.54) is 10.6 Å². The Balaban J connectivity index is 1.93. The van der Waals surface area contributed by atoms with E-state index < -0.39 is 10.0 Å². The Labute approximate surface area is 156 Å². The van der Waals surface area contributed by atoms with Crippen LogP contribution in [-0.4, -0.2) is 27.1 Å². The molecule has 0 aliphatic carbocycles. The Morgan fingerprint density at radius 2 is 1.69 bits per heavy atom. The van der Waals surface area contributed by atoms with Gasteiger partial charge in [-0.25, -0.2) is 8.42 Å². The van der Waals surface area contributed by atoms with Crippen LogP contribution in [0.4, 0.5) is 5.69 Å². The first-order valence-corrected chi connectivity index (χ1v) is 10.5. The van der Waals surface area contributed by atoms with Crippen molar-refractivity contribution in [3.05, 3.63) is 65.7 Å². The summed E-state index contributed by atoms with van der Waals surface area (Å²) in [5.41, 5.74) is 2.59. The molecule has 2 rings (SSSR count). The summed E-state index contributed by atoms with van der Waals surface area (Å²) in [5, 5.41) is 2.95. The third kappa shape index (κ3) is 5.59. The molecule has 0 aliphatic rings. The third-order valence-electron chi connectivity index (χ3n) is 4.23. The van der Waals surface area contributed by atoms with E-state index in [-0.39, 0.29) is 24.9 Å². The summed E-state index contributed by atoms with van der Waals surface area (Å²) in [4.78, 5) is 12.2. The van der Waals surface area contributed by atoms with Crippen molar-refractivity contribution in [3.63, 3.8) is 0 Å². The Bertz CT molecular complexity index is 835. The second-order valence-electron chi connectivity index (χ2n) is 6.43. The van der Waals surface area contributed by atoms with Crippen molar-refractivity contribution in [2.45, 2.75) is 32.7 Å². The molecule has 0 radical (unpaired) electrons. The van der Waals surface area contributed by atoms with Crippen LogP contribution in [0.5, 0.6) is 0 Å². The van der Waals surface area contributed by atoms with Crippen LogP contribution >= 0.6 is 0 Å². The molecule has 1 N–H and O–H groups in total. The second kappa shape index (κ2) is 8.85. The van der Waals surface area contributed by atoms with Crippen LogP contribution in [0.25, 0.3) is 0 Å². The van der Waals surface area contributed by atoms with Crippen LogP contribution in [0.15, 0.2) is 54.6 Å². The molecular weight excluding hydrogens is 348 g/mol. The standard InChI is InChI=1S/C20H26N2O3S/c1-16-10-7-8-13-19(16)22(26(3,24)25)15-9-14-20(23)21-17(2)18-11-5-4-6-12-18/h4-8,10-13,17H,9,14-15H2,1-3H3,(H,21,23). The molecule has 6 heteroatoms. The first-order chi connectivity index (χ1) is 12.3. The highest BCUT2D eigenvalue weighted by Gasteiger charge is 2.19. The molecule has 2 aromatic carbocycles. The highest BCUT2D eigenvalue weighted by atomic mass is 32.2. The van der Waals surface area contributed by atoms with Gasteiger partial charge in [0.2, 0.25) is 15.9 Å². The Kier molecular flexibility index (Phi) is 6.80. The van der Waals surface area contributed by atoms with Crippen molar-refractivity contribution >= 4 is 21.6 Å². The summed E-state index contributed by atoms with van der Waals surface area (Å²) in [7, 11) is -3.40. The van der Waals surface area contributed by atoms with Gasteiger partial charge >= 0.3 is 0 Å². The highest BCUT2D eigenvalue weighted by molar-refractivity contribution is 7.92. The summed E-state index contributed by atoms with van der Waals surface area (Å²) in [5.74, 6) is -0.0837. The van der Waals surface area contributed by atoms with Crippen molar-refractivity contribution in [2.24, 2.45) is 0 Å². The van der Waals surface area contributed by atoms with Crippen molar-refractivity contribution < 1.29 is 13.2 Å². The predicted octanol–water partition coefficient (Wildman–Crippen LogP) is 3.42. The van der Waals surface area contributed by atoms with Gasteiger partial charge in [-0.3, -0.25) is 9.10 Å². The van der Waals surface area contributed by atoms with Crippen LogP contribution in [0, 0.1) is 6.92 Å². The van der Waals surface area contributed by atoms with Gasteiger partial charge in [0.25, 0.3) is 0 Å². The molecule has 0 bridgehead atoms. The molecule has 0 fully saturated rings. The topological polar surface area (TPSA) is 66.5 Å². The van der Waals surface area contributed by atoms with Gasteiger partial charge in [0, 0.05) is 13.0 Å². The molecule has 0 spiro atoms. The molecular formula is C20H26N2O3S. The lowest BCUT2D eigenvalue weighted by molar-refractivity contribution is -0.121. The second-order valence-corrected chi connectivity index (χ2v) is 8.33. The molecule has 1 unspecified atom stereocenters. The maximum absolute atomic E-state index is 12.2. The number of hydrogen-bond donors (Lipinski definition) is 1. The molecule has 0 heterocycles. The lowest BCUT2D eigenvalue weighted by Crippen LogP contribution is -2.33. The zero-order chi connectivity index (χ0) is 19.2. The Hall–Kier alpha value is -2.34. The summed E-state index contributed by atoms with van der Waals surface area (Å²) >= 11 is 0. The minimum atomic E-state index is -3.40.